The van der Waals surface area contributed by atoms with E-state index in [9.17, 15) is 0 Å². The summed E-state index contributed by atoms with van der Waals surface area (Å²) in [5, 5.41) is 1.32. The quantitative estimate of drug-likeness (QED) is 0.705. The van der Waals surface area contributed by atoms with Gasteiger partial charge in [0.15, 0.2) is 0 Å². The lowest BCUT2D eigenvalue weighted by molar-refractivity contribution is 0.728. The zero-order valence-corrected chi connectivity index (χ0v) is 13.5. The lowest BCUT2D eigenvalue weighted by Gasteiger charge is -2.27. The van der Waals surface area contributed by atoms with Crippen LogP contribution in [-0.2, 0) is 5.88 Å². The standard InChI is InChI=1S/C15H15Cl3N2/c1-10(11-4-3-5-13(17)6-11)20(2)15-7-12(8-16)14(18)9-19-15/h3-7,9-10H,8H2,1-2H3. The monoisotopic (exact) mass is 328 g/mol. The van der Waals surface area contributed by atoms with Crippen molar-refractivity contribution in [1.82, 2.24) is 4.98 Å². The third kappa shape index (κ3) is 3.38. The van der Waals surface area contributed by atoms with Crippen molar-refractivity contribution in [3.8, 4) is 0 Å². The summed E-state index contributed by atoms with van der Waals surface area (Å²) in [5.74, 6) is 1.20. The Hall–Kier alpha value is -0.960. The summed E-state index contributed by atoms with van der Waals surface area (Å²) in [6.07, 6.45) is 1.63. The first kappa shape index (κ1) is 15.4. The highest BCUT2D eigenvalue weighted by Crippen LogP contribution is 2.28. The Balaban J connectivity index is 2.28. The van der Waals surface area contributed by atoms with Crippen molar-refractivity contribution in [3.63, 3.8) is 0 Å². The van der Waals surface area contributed by atoms with Gasteiger partial charge in [0.05, 0.1) is 11.1 Å². The Morgan fingerprint density at radius 2 is 2.00 bits per heavy atom. The van der Waals surface area contributed by atoms with E-state index in [-0.39, 0.29) is 6.04 Å². The van der Waals surface area contributed by atoms with Crippen molar-refractivity contribution in [1.29, 1.82) is 0 Å². The number of nitrogens with zero attached hydrogens (tertiary/aromatic N) is 2. The molecule has 2 aromatic rings. The highest BCUT2D eigenvalue weighted by Gasteiger charge is 2.15. The van der Waals surface area contributed by atoms with Gasteiger partial charge in [0, 0.05) is 24.1 Å². The molecule has 0 fully saturated rings. The predicted octanol–water partition coefficient (Wildman–Crippen LogP) is 5.32. The molecular formula is C15H15Cl3N2. The third-order valence-electron chi connectivity index (χ3n) is 3.34. The lowest BCUT2D eigenvalue weighted by atomic mass is 10.1. The minimum atomic E-state index is 0.144. The van der Waals surface area contributed by atoms with Crippen LogP contribution in [0.2, 0.25) is 10.0 Å². The molecule has 0 spiro atoms. The Morgan fingerprint density at radius 3 is 2.65 bits per heavy atom. The fraction of sp³-hybridized carbons (Fsp3) is 0.267. The van der Waals surface area contributed by atoms with Gasteiger partial charge in [0.25, 0.3) is 0 Å². The van der Waals surface area contributed by atoms with E-state index >= 15 is 0 Å². The lowest BCUT2D eigenvalue weighted by Crippen LogP contribution is -2.22. The molecule has 0 N–H and O–H groups in total. The summed E-state index contributed by atoms with van der Waals surface area (Å²) in [6, 6.07) is 9.87. The normalized spacial score (nSPS) is 12.2. The SMILES string of the molecule is CC(c1cccc(Cl)c1)N(C)c1cc(CCl)c(Cl)cn1. The molecule has 0 aliphatic carbocycles. The van der Waals surface area contributed by atoms with Gasteiger partial charge in [-0.05, 0) is 36.2 Å². The van der Waals surface area contributed by atoms with E-state index in [0.717, 1.165) is 22.0 Å². The van der Waals surface area contributed by atoms with Crippen LogP contribution < -0.4 is 4.90 Å². The Bertz CT molecular complexity index is 601. The molecule has 1 unspecified atom stereocenters. The smallest absolute Gasteiger partial charge is 0.129 e. The summed E-state index contributed by atoms with van der Waals surface area (Å²) < 4.78 is 0. The van der Waals surface area contributed by atoms with Gasteiger partial charge in [-0.2, -0.15) is 0 Å². The number of aromatic nitrogens is 1. The highest BCUT2D eigenvalue weighted by atomic mass is 35.5. The average Bonchev–Trinajstić information content (AvgIpc) is 2.46. The van der Waals surface area contributed by atoms with E-state index in [4.69, 9.17) is 34.8 Å². The Labute approximate surface area is 134 Å². The van der Waals surface area contributed by atoms with Crippen molar-refractivity contribution in [3.05, 3.63) is 57.7 Å². The maximum absolute atomic E-state index is 6.04. The predicted molar refractivity (Wildman–Crippen MR) is 87.1 cm³/mol. The molecule has 0 amide bonds. The molecule has 1 atom stereocenters. The molecule has 2 rings (SSSR count). The maximum Gasteiger partial charge on any atom is 0.129 e. The van der Waals surface area contributed by atoms with Crippen LogP contribution in [0.5, 0.6) is 0 Å². The molecule has 1 aromatic heterocycles. The van der Waals surface area contributed by atoms with Crippen LogP contribution >= 0.6 is 34.8 Å². The number of rotatable bonds is 4. The van der Waals surface area contributed by atoms with Gasteiger partial charge in [-0.1, -0.05) is 35.3 Å². The van der Waals surface area contributed by atoms with Crippen molar-refractivity contribution in [2.75, 3.05) is 11.9 Å². The topological polar surface area (TPSA) is 16.1 Å². The number of anilines is 1. The second-order valence-corrected chi connectivity index (χ2v) is 5.72. The second kappa shape index (κ2) is 6.66. The number of alkyl halides is 1. The molecule has 0 aliphatic rings. The van der Waals surface area contributed by atoms with E-state index in [1.54, 1.807) is 6.20 Å². The van der Waals surface area contributed by atoms with Crippen LogP contribution in [0.3, 0.4) is 0 Å². The minimum Gasteiger partial charge on any atom is -0.353 e. The van der Waals surface area contributed by atoms with Gasteiger partial charge >= 0.3 is 0 Å². The Kier molecular flexibility index (Phi) is 5.14. The molecule has 20 heavy (non-hydrogen) atoms. The van der Waals surface area contributed by atoms with Gasteiger partial charge in [-0.15, -0.1) is 11.6 Å². The van der Waals surface area contributed by atoms with E-state index in [0.29, 0.717) is 10.9 Å². The van der Waals surface area contributed by atoms with Gasteiger partial charge < -0.3 is 4.90 Å². The first-order valence-corrected chi connectivity index (χ1v) is 7.50. The Morgan fingerprint density at radius 1 is 1.25 bits per heavy atom. The van der Waals surface area contributed by atoms with Crippen LogP contribution in [0.1, 0.15) is 24.1 Å². The zero-order chi connectivity index (χ0) is 14.7. The van der Waals surface area contributed by atoms with Crippen LogP contribution in [0.4, 0.5) is 5.82 Å². The molecule has 0 aliphatic heterocycles. The molecule has 5 heteroatoms. The van der Waals surface area contributed by atoms with Crippen molar-refractivity contribution < 1.29 is 0 Å². The number of halogens is 3. The zero-order valence-electron chi connectivity index (χ0n) is 11.3. The number of benzene rings is 1. The van der Waals surface area contributed by atoms with Crippen molar-refractivity contribution in [2.45, 2.75) is 18.8 Å². The average molecular weight is 330 g/mol. The highest BCUT2D eigenvalue weighted by molar-refractivity contribution is 6.32. The third-order valence-corrected chi connectivity index (χ3v) is 4.20. The fourth-order valence-electron chi connectivity index (χ4n) is 1.95. The maximum atomic E-state index is 6.04. The summed E-state index contributed by atoms with van der Waals surface area (Å²) >= 11 is 18.0. The molecule has 0 saturated heterocycles. The molecule has 2 nitrogen and oxygen atoms in total. The number of pyridine rings is 1. The van der Waals surface area contributed by atoms with Gasteiger partial charge in [0.2, 0.25) is 0 Å². The van der Waals surface area contributed by atoms with Gasteiger partial charge in [0.1, 0.15) is 5.82 Å². The number of hydrogen-bond acceptors (Lipinski definition) is 2. The molecule has 1 aromatic carbocycles. The largest absolute Gasteiger partial charge is 0.353 e. The summed E-state index contributed by atoms with van der Waals surface area (Å²) in [4.78, 5) is 6.43. The second-order valence-electron chi connectivity index (χ2n) is 4.61. The molecule has 0 saturated carbocycles. The molecular weight excluding hydrogens is 315 g/mol. The van der Waals surface area contributed by atoms with Gasteiger partial charge in [-0.25, -0.2) is 4.98 Å². The summed E-state index contributed by atoms with van der Waals surface area (Å²) in [5.41, 5.74) is 2.01. The summed E-state index contributed by atoms with van der Waals surface area (Å²) in [7, 11) is 1.99. The van der Waals surface area contributed by atoms with E-state index < -0.39 is 0 Å². The first-order valence-electron chi connectivity index (χ1n) is 6.21. The minimum absolute atomic E-state index is 0.144. The van der Waals surface area contributed by atoms with Crippen LogP contribution in [0.15, 0.2) is 36.5 Å². The van der Waals surface area contributed by atoms with E-state index in [1.165, 1.54) is 0 Å². The molecule has 0 bridgehead atoms. The van der Waals surface area contributed by atoms with Gasteiger partial charge in [-0.3, -0.25) is 0 Å². The number of hydrogen-bond donors (Lipinski definition) is 0. The van der Waals surface area contributed by atoms with Crippen molar-refractivity contribution in [2.24, 2.45) is 0 Å². The van der Waals surface area contributed by atoms with Crippen molar-refractivity contribution >= 4 is 40.6 Å². The fourth-order valence-corrected chi connectivity index (χ4v) is 2.61. The van der Waals surface area contributed by atoms with E-state index in [1.807, 2.05) is 37.4 Å². The molecule has 1 heterocycles. The van der Waals surface area contributed by atoms with E-state index in [2.05, 4.69) is 16.8 Å². The first-order chi connectivity index (χ1) is 9.52. The van der Waals surface area contributed by atoms with Crippen LogP contribution in [-0.4, -0.2) is 12.0 Å². The van der Waals surface area contributed by atoms with Crippen LogP contribution in [0, 0.1) is 0 Å². The summed E-state index contributed by atoms with van der Waals surface area (Å²) in [6.45, 7) is 2.10. The van der Waals surface area contributed by atoms with Crippen LogP contribution in [0.25, 0.3) is 0 Å². The molecule has 106 valence electrons. The molecule has 0 radical (unpaired) electrons.